The Morgan fingerprint density at radius 1 is 1.45 bits per heavy atom. The lowest BCUT2D eigenvalue weighted by Gasteiger charge is -2.03. The van der Waals surface area contributed by atoms with Crippen LogP contribution < -0.4 is 0 Å². The van der Waals surface area contributed by atoms with Crippen LogP contribution in [-0.2, 0) is 6.42 Å². The third-order valence-corrected chi connectivity index (χ3v) is 4.13. The fourth-order valence-electron chi connectivity index (χ4n) is 1.01. The van der Waals surface area contributed by atoms with Crippen molar-refractivity contribution in [3.8, 4) is 0 Å². The van der Waals surface area contributed by atoms with Crippen molar-refractivity contribution in [1.82, 2.24) is 0 Å². The normalized spacial score (nSPS) is 10.1. The van der Waals surface area contributed by atoms with E-state index in [1.54, 1.807) is 0 Å². The van der Waals surface area contributed by atoms with E-state index in [0.717, 1.165) is 6.42 Å². The molecule has 2 heteroatoms. The second-order valence-corrected chi connectivity index (χ2v) is 4.42. The largest absolute Gasteiger partial charge is 0.0651 e. The molecule has 0 radical (unpaired) electrons. The van der Waals surface area contributed by atoms with Gasteiger partial charge in [-0.05, 0) is 56.6 Å². The number of rotatable bonds is 2. The molecule has 0 heterocycles. The molecular weight excluding hydrogens is 315 g/mol. The van der Waals surface area contributed by atoms with Crippen molar-refractivity contribution in [3.05, 3.63) is 31.8 Å². The second-order valence-electron chi connectivity index (χ2n) is 2.46. The van der Waals surface area contributed by atoms with Crippen LogP contribution in [0.15, 0.2) is 22.7 Å². The minimum absolute atomic E-state index is 1.16. The Bertz CT molecular complexity index is 245. The fourth-order valence-corrected chi connectivity index (χ4v) is 2.03. The molecular formula is C9H10BrI. The van der Waals surface area contributed by atoms with Gasteiger partial charge in [0.25, 0.3) is 0 Å². The van der Waals surface area contributed by atoms with Crippen molar-refractivity contribution in [2.75, 3.05) is 0 Å². The first-order valence-electron chi connectivity index (χ1n) is 3.68. The molecule has 1 aromatic carbocycles. The summed E-state index contributed by atoms with van der Waals surface area (Å²) in [7, 11) is 0. The Balaban J connectivity index is 2.96. The van der Waals surface area contributed by atoms with Gasteiger partial charge in [0.05, 0.1) is 0 Å². The SMILES string of the molecule is CCCc1cccc(I)c1Br. The first-order chi connectivity index (χ1) is 5.25. The molecule has 0 bridgehead atoms. The summed E-state index contributed by atoms with van der Waals surface area (Å²) in [6.45, 7) is 2.20. The van der Waals surface area contributed by atoms with Crippen LogP contribution in [0, 0.1) is 3.57 Å². The van der Waals surface area contributed by atoms with E-state index in [-0.39, 0.29) is 0 Å². The summed E-state index contributed by atoms with van der Waals surface area (Å²) in [6.07, 6.45) is 2.37. The molecule has 0 spiro atoms. The lowest BCUT2D eigenvalue weighted by molar-refractivity contribution is 0.916. The van der Waals surface area contributed by atoms with Crippen molar-refractivity contribution >= 4 is 38.5 Å². The first kappa shape index (κ1) is 9.52. The highest BCUT2D eigenvalue weighted by Gasteiger charge is 2.00. The van der Waals surface area contributed by atoms with Gasteiger partial charge in [-0.3, -0.25) is 0 Å². The molecule has 0 nitrogen and oxygen atoms in total. The molecule has 1 rings (SSSR count). The number of halogens is 2. The number of hydrogen-bond acceptors (Lipinski definition) is 0. The molecule has 0 aliphatic carbocycles. The molecule has 0 saturated carbocycles. The molecule has 60 valence electrons. The van der Waals surface area contributed by atoms with E-state index < -0.39 is 0 Å². The van der Waals surface area contributed by atoms with E-state index in [9.17, 15) is 0 Å². The van der Waals surface area contributed by atoms with Crippen molar-refractivity contribution in [1.29, 1.82) is 0 Å². The molecule has 11 heavy (non-hydrogen) atoms. The van der Waals surface area contributed by atoms with Crippen LogP contribution in [0.5, 0.6) is 0 Å². The minimum Gasteiger partial charge on any atom is -0.0651 e. The third-order valence-electron chi connectivity index (χ3n) is 1.55. The average Bonchev–Trinajstić information content (AvgIpc) is 1.99. The Labute approximate surface area is 89.7 Å². The zero-order chi connectivity index (χ0) is 8.27. The van der Waals surface area contributed by atoms with Crippen molar-refractivity contribution in [2.24, 2.45) is 0 Å². The maximum atomic E-state index is 3.57. The topological polar surface area (TPSA) is 0 Å². The van der Waals surface area contributed by atoms with Crippen LogP contribution in [0.1, 0.15) is 18.9 Å². The van der Waals surface area contributed by atoms with Gasteiger partial charge in [0.1, 0.15) is 0 Å². The summed E-state index contributed by atoms with van der Waals surface area (Å²) in [5.41, 5.74) is 1.42. The Morgan fingerprint density at radius 3 is 2.82 bits per heavy atom. The van der Waals surface area contributed by atoms with E-state index >= 15 is 0 Å². The highest BCUT2D eigenvalue weighted by molar-refractivity contribution is 14.1. The first-order valence-corrected chi connectivity index (χ1v) is 5.55. The molecule has 0 N–H and O–H groups in total. The van der Waals surface area contributed by atoms with Gasteiger partial charge in [-0.15, -0.1) is 0 Å². The molecule has 0 atom stereocenters. The molecule has 0 aromatic heterocycles. The van der Waals surface area contributed by atoms with Gasteiger partial charge in [-0.1, -0.05) is 25.5 Å². The van der Waals surface area contributed by atoms with Crippen molar-refractivity contribution < 1.29 is 0 Å². The van der Waals surface area contributed by atoms with Crippen LogP contribution in [0.2, 0.25) is 0 Å². The Kier molecular flexibility index (Phi) is 3.85. The van der Waals surface area contributed by atoms with Gasteiger partial charge >= 0.3 is 0 Å². The fraction of sp³-hybridized carbons (Fsp3) is 0.333. The molecule has 0 fully saturated rings. The molecule has 0 aliphatic rings. The quantitative estimate of drug-likeness (QED) is 0.721. The van der Waals surface area contributed by atoms with Crippen LogP contribution in [0.25, 0.3) is 0 Å². The van der Waals surface area contributed by atoms with Gasteiger partial charge in [0.15, 0.2) is 0 Å². The molecule has 1 aromatic rings. The monoisotopic (exact) mass is 324 g/mol. The van der Waals surface area contributed by atoms with Gasteiger partial charge < -0.3 is 0 Å². The maximum absolute atomic E-state index is 3.57. The Hall–Kier alpha value is 0.430. The maximum Gasteiger partial charge on any atom is 0.0340 e. The summed E-state index contributed by atoms with van der Waals surface area (Å²) in [6, 6.07) is 6.40. The van der Waals surface area contributed by atoms with E-state index in [1.165, 1.54) is 20.0 Å². The van der Waals surface area contributed by atoms with Crippen LogP contribution in [0.4, 0.5) is 0 Å². The summed E-state index contributed by atoms with van der Waals surface area (Å²) in [4.78, 5) is 0. The highest BCUT2D eigenvalue weighted by Crippen LogP contribution is 2.23. The zero-order valence-corrected chi connectivity index (χ0v) is 10.1. The number of aryl methyl sites for hydroxylation is 1. The van der Waals surface area contributed by atoms with E-state index in [0.29, 0.717) is 0 Å². The standard InChI is InChI=1S/C9H10BrI/c1-2-4-7-5-3-6-8(11)9(7)10/h3,5-6H,2,4H2,1H3. The van der Waals surface area contributed by atoms with Crippen LogP contribution >= 0.6 is 38.5 Å². The smallest absolute Gasteiger partial charge is 0.0340 e. The number of benzene rings is 1. The van der Waals surface area contributed by atoms with Gasteiger partial charge in [-0.25, -0.2) is 0 Å². The molecule has 0 amide bonds. The summed E-state index contributed by atoms with van der Waals surface area (Å²) in [5, 5.41) is 0. The second kappa shape index (κ2) is 4.45. The predicted octanol–water partition coefficient (Wildman–Crippen LogP) is 4.01. The summed E-state index contributed by atoms with van der Waals surface area (Å²) in [5.74, 6) is 0. The van der Waals surface area contributed by atoms with Crippen LogP contribution in [0.3, 0.4) is 0 Å². The van der Waals surface area contributed by atoms with Gasteiger partial charge in [-0.2, -0.15) is 0 Å². The predicted molar refractivity (Wildman–Crippen MR) is 60.9 cm³/mol. The average molecular weight is 325 g/mol. The molecule has 0 saturated heterocycles. The minimum atomic E-state index is 1.16. The highest BCUT2D eigenvalue weighted by atomic mass is 127. The molecule has 0 aliphatic heterocycles. The van der Waals surface area contributed by atoms with Gasteiger partial charge in [0, 0.05) is 8.04 Å². The Morgan fingerprint density at radius 2 is 2.18 bits per heavy atom. The number of hydrogen-bond donors (Lipinski definition) is 0. The van der Waals surface area contributed by atoms with Crippen molar-refractivity contribution in [3.63, 3.8) is 0 Å². The van der Waals surface area contributed by atoms with Gasteiger partial charge in [0.2, 0.25) is 0 Å². The van der Waals surface area contributed by atoms with E-state index in [2.05, 4.69) is 63.6 Å². The summed E-state index contributed by atoms with van der Waals surface area (Å²) < 4.78 is 2.57. The molecule has 0 unspecified atom stereocenters. The van der Waals surface area contributed by atoms with Crippen LogP contribution in [-0.4, -0.2) is 0 Å². The third kappa shape index (κ3) is 2.44. The summed E-state index contributed by atoms with van der Waals surface area (Å²) >= 11 is 5.92. The van der Waals surface area contributed by atoms with Crippen molar-refractivity contribution in [2.45, 2.75) is 19.8 Å². The zero-order valence-electron chi connectivity index (χ0n) is 6.40. The lowest BCUT2D eigenvalue weighted by Crippen LogP contribution is -1.86. The van der Waals surface area contributed by atoms with E-state index in [4.69, 9.17) is 0 Å². The lowest BCUT2D eigenvalue weighted by atomic mass is 10.1. The van der Waals surface area contributed by atoms with E-state index in [1.807, 2.05) is 0 Å².